The molecule has 1 N–H and O–H groups in total. The Balaban J connectivity index is 2.04. The topological polar surface area (TPSA) is 72.5 Å². The van der Waals surface area contributed by atoms with Gasteiger partial charge >= 0.3 is 11.9 Å². The smallest absolute Gasteiger partial charge is 0.336 e. The Morgan fingerprint density at radius 1 is 1.29 bits per heavy atom. The Hall–Kier alpha value is -2.24. The first-order chi connectivity index (χ1) is 8.06. The van der Waals surface area contributed by atoms with Crippen LogP contribution in [0.2, 0.25) is 0 Å². The molecule has 17 heavy (non-hydrogen) atoms. The summed E-state index contributed by atoms with van der Waals surface area (Å²) in [6.45, 7) is 0. The molecule has 0 bridgehead atoms. The number of benzene rings is 1. The largest absolute Gasteiger partial charge is 0.392 e. The van der Waals surface area contributed by atoms with Crippen molar-refractivity contribution in [1.29, 1.82) is 0 Å². The molecule has 0 aliphatic carbocycles. The predicted octanol–water partition coefficient (Wildman–Crippen LogP) is 0.398. The van der Waals surface area contributed by atoms with Crippen LogP contribution in [0.25, 0.3) is 0 Å². The molecule has 1 atom stereocenters. The molecule has 0 radical (unpaired) electrons. The van der Waals surface area contributed by atoms with Crippen molar-refractivity contribution in [3.05, 3.63) is 35.6 Å². The fourth-order valence-corrected chi connectivity index (χ4v) is 1.43. The minimum Gasteiger partial charge on any atom is -0.392 e. The normalized spacial score (nSPS) is 19.0. The summed E-state index contributed by atoms with van der Waals surface area (Å²) in [5.41, 5.74) is 0.207. The highest BCUT2D eigenvalue weighted by molar-refractivity contribution is 6.02. The molecule has 5 nitrogen and oxygen atoms in total. The Bertz CT molecular complexity index is 483. The van der Waals surface area contributed by atoms with Gasteiger partial charge in [0.25, 0.3) is 5.91 Å². The molecule has 1 aromatic carbocycles. The van der Waals surface area contributed by atoms with Crippen LogP contribution in [-0.4, -0.2) is 23.9 Å². The van der Waals surface area contributed by atoms with Crippen LogP contribution < -0.4 is 5.32 Å². The van der Waals surface area contributed by atoms with Gasteiger partial charge in [-0.2, -0.15) is 0 Å². The van der Waals surface area contributed by atoms with Crippen molar-refractivity contribution in [2.45, 2.75) is 12.5 Å². The molecular weight excluding hydrogens is 229 g/mol. The molecule has 88 valence electrons. The lowest BCUT2D eigenvalue weighted by Crippen LogP contribution is -2.37. The summed E-state index contributed by atoms with van der Waals surface area (Å²) in [5.74, 6) is -2.46. The first kappa shape index (κ1) is 11.3. The number of cyclic esters (lactones) is 2. The lowest BCUT2D eigenvalue weighted by Gasteiger charge is -2.07. The Labute approximate surface area is 95.6 Å². The molecule has 1 amide bonds. The number of halogens is 1. The first-order valence-electron chi connectivity index (χ1n) is 4.87. The number of nitrogens with one attached hydrogen (secondary N) is 1. The van der Waals surface area contributed by atoms with E-state index in [4.69, 9.17) is 0 Å². The Morgan fingerprint density at radius 2 is 1.94 bits per heavy atom. The molecule has 0 saturated carbocycles. The van der Waals surface area contributed by atoms with Gasteiger partial charge in [-0.1, -0.05) is 0 Å². The maximum Gasteiger partial charge on any atom is 0.336 e. The van der Waals surface area contributed by atoms with Crippen LogP contribution in [0.15, 0.2) is 24.3 Å². The maximum atomic E-state index is 12.6. The monoisotopic (exact) mass is 237 g/mol. The molecule has 0 aromatic heterocycles. The van der Waals surface area contributed by atoms with Gasteiger partial charge in [-0.05, 0) is 24.3 Å². The van der Waals surface area contributed by atoms with E-state index in [0.29, 0.717) is 0 Å². The zero-order valence-electron chi connectivity index (χ0n) is 8.60. The Kier molecular flexibility index (Phi) is 2.86. The standard InChI is InChI=1S/C11H8FNO4/c12-7-3-1-6(2-4-7)10(15)13-8-5-9(14)17-11(8)16/h1-4,8H,5H2,(H,13,15)/t8-/m0/s1. The van der Waals surface area contributed by atoms with Gasteiger partial charge in [-0.3, -0.25) is 9.59 Å². The van der Waals surface area contributed by atoms with Crippen LogP contribution >= 0.6 is 0 Å². The number of hydrogen-bond donors (Lipinski definition) is 1. The second-order valence-corrected chi connectivity index (χ2v) is 3.53. The van der Waals surface area contributed by atoms with E-state index < -0.39 is 29.7 Å². The summed E-state index contributed by atoms with van der Waals surface area (Å²) in [7, 11) is 0. The predicted molar refractivity (Wildman–Crippen MR) is 53.4 cm³/mol. The third-order valence-electron chi connectivity index (χ3n) is 2.28. The van der Waals surface area contributed by atoms with Crippen molar-refractivity contribution < 1.29 is 23.5 Å². The first-order valence-corrected chi connectivity index (χ1v) is 4.87. The highest BCUT2D eigenvalue weighted by atomic mass is 19.1. The van der Waals surface area contributed by atoms with Crippen molar-refractivity contribution in [2.75, 3.05) is 0 Å². The highest BCUT2D eigenvalue weighted by Gasteiger charge is 2.34. The minimum absolute atomic E-state index is 0.175. The van der Waals surface area contributed by atoms with Crippen LogP contribution in [-0.2, 0) is 14.3 Å². The summed E-state index contributed by atoms with van der Waals surface area (Å²) >= 11 is 0. The molecular formula is C11H8FNO4. The van der Waals surface area contributed by atoms with E-state index in [1.165, 1.54) is 12.1 Å². The summed E-state index contributed by atoms with van der Waals surface area (Å²) in [6, 6.07) is 3.87. The molecule has 0 spiro atoms. The molecule has 1 fully saturated rings. The molecule has 1 saturated heterocycles. The summed E-state index contributed by atoms with van der Waals surface area (Å²) in [6.07, 6.45) is -0.175. The van der Waals surface area contributed by atoms with E-state index in [2.05, 4.69) is 10.1 Å². The zero-order valence-corrected chi connectivity index (χ0v) is 8.60. The summed E-state index contributed by atoms with van der Waals surface area (Å²) in [5, 5.41) is 2.34. The third kappa shape index (κ3) is 2.47. The molecule has 6 heteroatoms. The van der Waals surface area contributed by atoms with Crippen LogP contribution in [0.4, 0.5) is 4.39 Å². The number of hydrogen-bond acceptors (Lipinski definition) is 4. The van der Waals surface area contributed by atoms with Gasteiger partial charge < -0.3 is 10.1 Å². The fraction of sp³-hybridized carbons (Fsp3) is 0.182. The number of carbonyl (C=O) groups excluding carboxylic acids is 3. The summed E-state index contributed by atoms with van der Waals surface area (Å²) < 4.78 is 16.9. The van der Waals surface area contributed by atoms with Crippen molar-refractivity contribution in [3.63, 3.8) is 0 Å². The van der Waals surface area contributed by atoms with E-state index >= 15 is 0 Å². The van der Waals surface area contributed by atoms with Gasteiger partial charge in [-0.25, -0.2) is 9.18 Å². The van der Waals surface area contributed by atoms with Crippen LogP contribution in [0.3, 0.4) is 0 Å². The van der Waals surface area contributed by atoms with Crippen molar-refractivity contribution in [1.82, 2.24) is 5.32 Å². The molecule has 1 heterocycles. The van der Waals surface area contributed by atoms with Crippen LogP contribution in [0, 0.1) is 5.82 Å². The maximum absolute atomic E-state index is 12.6. The highest BCUT2D eigenvalue weighted by Crippen LogP contribution is 2.09. The third-order valence-corrected chi connectivity index (χ3v) is 2.28. The van der Waals surface area contributed by atoms with E-state index in [9.17, 15) is 18.8 Å². The minimum atomic E-state index is -0.958. The van der Waals surface area contributed by atoms with Crippen molar-refractivity contribution >= 4 is 17.8 Å². The van der Waals surface area contributed by atoms with Gasteiger partial charge in [0.2, 0.25) is 0 Å². The quantitative estimate of drug-likeness (QED) is 0.596. The summed E-state index contributed by atoms with van der Waals surface area (Å²) in [4.78, 5) is 33.5. The van der Waals surface area contributed by atoms with Crippen LogP contribution in [0.1, 0.15) is 16.8 Å². The zero-order chi connectivity index (χ0) is 12.4. The van der Waals surface area contributed by atoms with Gasteiger partial charge in [0.1, 0.15) is 11.9 Å². The number of rotatable bonds is 2. The number of carbonyl (C=O) groups is 3. The number of esters is 2. The average molecular weight is 237 g/mol. The van der Waals surface area contributed by atoms with Crippen LogP contribution in [0.5, 0.6) is 0 Å². The van der Waals surface area contributed by atoms with Crippen molar-refractivity contribution in [2.24, 2.45) is 0 Å². The van der Waals surface area contributed by atoms with E-state index in [1.54, 1.807) is 0 Å². The lowest BCUT2D eigenvalue weighted by molar-refractivity contribution is -0.152. The van der Waals surface area contributed by atoms with E-state index in [1.807, 2.05) is 0 Å². The van der Waals surface area contributed by atoms with Gasteiger partial charge in [0, 0.05) is 5.56 Å². The molecule has 0 unspecified atom stereocenters. The Morgan fingerprint density at radius 3 is 2.47 bits per heavy atom. The lowest BCUT2D eigenvalue weighted by atomic mass is 10.2. The van der Waals surface area contributed by atoms with Gasteiger partial charge in [0.05, 0.1) is 6.42 Å². The van der Waals surface area contributed by atoms with Crippen molar-refractivity contribution in [3.8, 4) is 0 Å². The second-order valence-electron chi connectivity index (χ2n) is 3.53. The SMILES string of the molecule is O=C1C[C@H](NC(=O)c2ccc(F)cc2)C(=O)O1. The molecule has 1 aromatic rings. The fourth-order valence-electron chi connectivity index (χ4n) is 1.43. The molecule has 1 aliphatic heterocycles. The second kappa shape index (κ2) is 4.32. The molecule has 2 rings (SSSR count). The number of ether oxygens (including phenoxy) is 1. The average Bonchev–Trinajstić information content (AvgIpc) is 2.58. The molecule has 1 aliphatic rings. The van der Waals surface area contributed by atoms with E-state index in [0.717, 1.165) is 12.1 Å². The van der Waals surface area contributed by atoms with E-state index in [-0.39, 0.29) is 12.0 Å². The number of amides is 1. The van der Waals surface area contributed by atoms with Gasteiger partial charge in [0.15, 0.2) is 0 Å². The van der Waals surface area contributed by atoms with Gasteiger partial charge in [-0.15, -0.1) is 0 Å².